The van der Waals surface area contributed by atoms with E-state index < -0.39 is 0 Å². The molecule has 1 amide bonds. The molecule has 0 spiro atoms. The van der Waals surface area contributed by atoms with E-state index in [9.17, 15) is 4.79 Å². The minimum absolute atomic E-state index is 0.0620. The minimum Gasteiger partial charge on any atom is -0.339 e. The highest BCUT2D eigenvalue weighted by Gasteiger charge is 2.23. The van der Waals surface area contributed by atoms with Crippen molar-refractivity contribution in [3.05, 3.63) is 12.7 Å². The first-order valence-corrected chi connectivity index (χ1v) is 7.94. The van der Waals surface area contributed by atoms with Crippen LogP contribution in [0.2, 0.25) is 0 Å². The molecule has 0 fully saturated rings. The van der Waals surface area contributed by atoms with Gasteiger partial charge in [-0.3, -0.25) is 4.79 Å². The van der Waals surface area contributed by atoms with E-state index in [-0.39, 0.29) is 5.91 Å². The van der Waals surface area contributed by atoms with Crippen LogP contribution in [0.1, 0.15) is 72.6 Å². The van der Waals surface area contributed by atoms with Crippen LogP contribution in [0.15, 0.2) is 12.7 Å². The normalized spacial score (nSPS) is 13.9. The molecular weight excluding hydrogens is 234 g/mol. The number of amides is 1. The maximum atomic E-state index is 11.7. The Morgan fingerprint density at radius 2 is 1.84 bits per heavy atom. The predicted octanol–water partition coefficient (Wildman–Crippen LogP) is 4.80. The molecule has 0 saturated carbocycles. The van der Waals surface area contributed by atoms with E-state index in [0.717, 1.165) is 19.5 Å². The average molecular weight is 267 g/mol. The number of unbranched alkanes of at least 4 members (excludes halogenated alkanes) is 3. The predicted molar refractivity (Wildman–Crippen MR) is 84.2 cm³/mol. The summed E-state index contributed by atoms with van der Waals surface area (Å²) in [7, 11) is 0. The second-order valence-corrected chi connectivity index (χ2v) is 5.85. The van der Waals surface area contributed by atoms with Gasteiger partial charge in [0.15, 0.2) is 0 Å². The van der Waals surface area contributed by atoms with Crippen molar-refractivity contribution in [2.24, 2.45) is 5.41 Å². The molecule has 0 aliphatic carbocycles. The molecule has 2 nitrogen and oxygen atoms in total. The van der Waals surface area contributed by atoms with Crippen molar-refractivity contribution in [1.29, 1.82) is 0 Å². The van der Waals surface area contributed by atoms with E-state index >= 15 is 0 Å². The molecule has 1 atom stereocenters. The molecule has 112 valence electrons. The van der Waals surface area contributed by atoms with Crippen molar-refractivity contribution in [2.75, 3.05) is 13.1 Å². The molecule has 0 aromatic carbocycles. The Morgan fingerprint density at radius 1 is 1.16 bits per heavy atom. The van der Waals surface area contributed by atoms with Gasteiger partial charge in [0.2, 0.25) is 5.91 Å². The maximum Gasteiger partial charge on any atom is 0.245 e. The summed E-state index contributed by atoms with van der Waals surface area (Å²) in [5.41, 5.74) is 0.378. The SMILES string of the molecule is C=CC(=O)N(CC)CCC(C)(CC)CCCCCC. The molecule has 2 heteroatoms. The number of nitrogens with zero attached hydrogens (tertiary/aromatic N) is 1. The summed E-state index contributed by atoms with van der Waals surface area (Å²) < 4.78 is 0. The zero-order valence-electron chi connectivity index (χ0n) is 13.5. The fourth-order valence-corrected chi connectivity index (χ4v) is 2.42. The van der Waals surface area contributed by atoms with Gasteiger partial charge in [0.05, 0.1) is 0 Å². The summed E-state index contributed by atoms with van der Waals surface area (Å²) in [4.78, 5) is 13.6. The summed E-state index contributed by atoms with van der Waals surface area (Å²) >= 11 is 0. The molecule has 0 aliphatic rings. The van der Waals surface area contributed by atoms with E-state index in [0.29, 0.717) is 5.41 Å². The van der Waals surface area contributed by atoms with Crippen LogP contribution in [0.5, 0.6) is 0 Å². The summed E-state index contributed by atoms with van der Waals surface area (Å²) in [6.07, 6.45) is 10.3. The van der Waals surface area contributed by atoms with E-state index in [2.05, 4.69) is 27.4 Å². The van der Waals surface area contributed by atoms with Crippen LogP contribution in [0.3, 0.4) is 0 Å². The number of hydrogen-bond donors (Lipinski definition) is 0. The molecule has 0 aliphatic heterocycles. The first kappa shape index (κ1) is 18.2. The quantitative estimate of drug-likeness (QED) is 0.389. The van der Waals surface area contributed by atoms with Crippen molar-refractivity contribution in [3.63, 3.8) is 0 Å². The summed E-state index contributed by atoms with van der Waals surface area (Å²) in [5.74, 6) is 0.0620. The van der Waals surface area contributed by atoms with Crippen molar-refractivity contribution in [2.45, 2.75) is 72.6 Å². The maximum absolute atomic E-state index is 11.7. The Balaban J connectivity index is 4.20. The minimum atomic E-state index is 0.0620. The van der Waals surface area contributed by atoms with E-state index in [4.69, 9.17) is 0 Å². The Labute approximate surface area is 120 Å². The lowest BCUT2D eigenvalue weighted by Gasteiger charge is -2.31. The van der Waals surface area contributed by atoms with Crippen molar-refractivity contribution in [1.82, 2.24) is 4.90 Å². The van der Waals surface area contributed by atoms with Gasteiger partial charge in [-0.1, -0.05) is 59.5 Å². The molecule has 0 aromatic rings. The molecule has 0 rings (SSSR count). The van der Waals surface area contributed by atoms with Gasteiger partial charge in [0.25, 0.3) is 0 Å². The first-order chi connectivity index (χ1) is 9.02. The van der Waals surface area contributed by atoms with E-state index in [1.54, 1.807) is 0 Å². The second kappa shape index (κ2) is 10.1. The number of rotatable bonds is 11. The molecule has 0 bridgehead atoms. The topological polar surface area (TPSA) is 20.3 Å². The molecule has 0 heterocycles. The molecule has 1 unspecified atom stereocenters. The highest BCUT2D eigenvalue weighted by Crippen LogP contribution is 2.32. The van der Waals surface area contributed by atoms with Crippen LogP contribution in [0, 0.1) is 5.41 Å². The van der Waals surface area contributed by atoms with Gasteiger partial charge in [-0.25, -0.2) is 0 Å². The first-order valence-electron chi connectivity index (χ1n) is 7.94. The van der Waals surface area contributed by atoms with Gasteiger partial charge in [0.1, 0.15) is 0 Å². The summed E-state index contributed by atoms with van der Waals surface area (Å²) in [6.45, 7) is 14.1. The molecule has 0 radical (unpaired) electrons. The van der Waals surface area contributed by atoms with Crippen molar-refractivity contribution < 1.29 is 4.79 Å². The smallest absolute Gasteiger partial charge is 0.245 e. The van der Waals surface area contributed by atoms with Gasteiger partial charge in [-0.2, -0.15) is 0 Å². The van der Waals surface area contributed by atoms with Crippen LogP contribution < -0.4 is 0 Å². The molecule has 0 saturated heterocycles. The van der Waals surface area contributed by atoms with Crippen molar-refractivity contribution >= 4 is 5.91 Å². The van der Waals surface area contributed by atoms with E-state index in [1.807, 2.05) is 11.8 Å². The third-order valence-corrected chi connectivity index (χ3v) is 4.34. The number of carbonyl (C=O) groups is 1. The summed E-state index contributed by atoms with van der Waals surface area (Å²) in [5, 5.41) is 0. The van der Waals surface area contributed by atoms with Crippen LogP contribution in [-0.2, 0) is 4.79 Å². The lowest BCUT2D eigenvalue weighted by molar-refractivity contribution is -0.126. The van der Waals surface area contributed by atoms with Crippen LogP contribution in [0.25, 0.3) is 0 Å². The fraction of sp³-hybridized carbons (Fsp3) is 0.824. The number of likely N-dealkylation sites (N-methyl/N-ethyl adjacent to an activating group) is 1. The van der Waals surface area contributed by atoms with Crippen LogP contribution in [-0.4, -0.2) is 23.9 Å². The van der Waals surface area contributed by atoms with E-state index in [1.165, 1.54) is 44.6 Å². The van der Waals surface area contributed by atoms with Crippen molar-refractivity contribution in [3.8, 4) is 0 Å². The zero-order chi connectivity index (χ0) is 14.7. The standard InChI is InChI=1S/C17H33NO/c1-6-10-11-12-13-17(5,8-3)14-15-18(9-4)16(19)7-2/h7H,2,6,8-15H2,1,3-5H3. The lowest BCUT2D eigenvalue weighted by Crippen LogP contribution is -2.33. The van der Waals surface area contributed by atoms with Gasteiger partial charge in [0, 0.05) is 13.1 Å². The van der Waals surface area contributed by atoms with Crippen LogP contribution >= 0.6 is 0 Å². The highest BCUT2D eigenvalue weighted by atomic mass is 16.2. The number of hydrogen-bond acceptors (Lipinski definition) is 1. The summed E-state index contributed by atoms with van der Waals surface area (Å²) in [6, 6.07) is 0. The van der Waals surface area contributed by atoms with Gasteiger partial charge in [-0.15, -0.1) is 0 Å². The molecular formula is C17H33NO. The Bertz CT molecular complexity index is 262. The third-order valence-electron chi connectivity index (χ3n) is 4.34. The third kappa shape index (κ3) is 7.39. The Hall–Kier alpha value is -0.790. The lowest BCUT2D eigenvalue weighted by atomic mass is 9.79. The Kier molecular flexibility index (Phi) is 9.63. The van der Waals surface area contributed by atoms with Gasteiger partial charge < -0.3 is 4.90 Å². The average Bonchev–Trinajstić information content (AvgIpc) is 2.44. The molecule has 19 heavy (non-hydrogen) atoms. The number of carbonyl (C=O) groups excluding carboxylic acids is 1. The van der Waals surface area contributed by atoms with Crippen LogP contribution in [0.4, 0.5) is 0 Å². The molecule has 0 aromatic heterocycles. The van der Waals surface area contributed by atoms with Gasteiger partial charge in [-0.05, 0) is 31.3 Å². The molecule has 0 N–H and O–H groups in total. The Morgan fingerprint density at radius 3 is 2.32 bits per heavy atom. The monoisotopic (exact) mass is 267 g/mol. The van der Waals surface area contributed by atoms with Gasteiger partial charge >= 0.3 is 0 Å². The largest absolute Gasteiger partial charge is 0.339 e. The second-order valence-electron chi connectivity index (χ2n) is 5.85. The highest BCUT2D eigenvalue weighted by molar-refractivity contribution is 5.86. The fourth-order valence-electron chi connectivity index (χ4n) is 2.42. The zero-order valence-corrected chi connectivity index (χ0v) is 13.5.